The number of hydrogen-bond acceptors (Lipinski definition) is 3. The Morgan fingerprint density at radius 1 is 1.32 bits per heavy atom. The fourth-order valence-electron chi connectivity index (χ4n) is 3.11. The van der Waals surface area contributed by atoms with Crippen molar-refractivity contribution in [2.45, 2.75) is 25.3 Å². The van der Waals surface area contributed by atoms with Gasteiger partial charge in [-0.15, -0.1) is 0 Å². The highest BCUT2D eigenvalue weighted by Crippen LogP contribution is 2.22. The summed E-state index contributed by atoms with van der Waals surface area (Å²) in [4.78, 5) is 20.9. The number of halogens is 1. The smallest absolute Gasteiger partial charge is 0.254 e. The van der Waals surface area contributed by atoms with Crippen LogP contribution in [0.3, 0.4) is 0 Å². The van der Waals surface area contributed by atoms with Crippen LogP contribution in [-0.4, -0.2) is 52.9 Å². The van der Waals surface area contributed by atoms with Crippen LogP contribution in [-0.2, 0) is 0 Å². The Labute approximate surface area is 118 Å². The molecule has 0 aromatic carbocycles. The van der Waals surface area contributed by atoms with Gasteiger partial charge in [0.15, 0.2) is 0 Å². The molecule has 3 heterocycles. The van der Waals surface area contributed by atoms with Crippen LogP contribution in [0.5, 0.6) is 0 Å². The number of aromatic nitrogens is 1. The zero-order valence-electron chi connectivity index (χ0n) is 10.9. The van der Waals surface area contributed by atoms with Gasteiger partial charge in [0.1, 0.15) is 5.15 Å². The predicted molar refractivity (Wildman–Crippen MR) is 74.4 cm³/mol. The quantitative estimate of drug-likeness (QED) is 0.738. The van der Waals surface area contributed by atoms with Crippen LogP contribution in [0, 0.1) is 0 Å². The van der Waals surface area contributed by atoms with Crippen molar-refractivity contribution in [1.29, 1.82) is 0 Å². The summed E-state index contributed by atoms with van der Waals surface area (Å²) < 4.78 is 0. The monoisotopic (exact) mass is 279 g/mol. The predicted octanol–water partition coefficient (Wildman–Crippen LogP) is 2.05. The number of pyridine rings is 1. The SMILES string of the molecule is O=C(c1ccnc(Cl)c1)N1CCCN2CCCC2C1. The van der Waals surface area contributed by atoms with E-state index >= 15 is 0 Å². The summed E-state index contributed by atoms with van der Waals surface area (Å²) in [5, 5.41) is 0.378. The lowest BCUT2D eigenvalue weighted by Crippen LogP contribution is -2.39. The van der Waals surface area contributed by atoms with Crippen molar-refractivity contribution in [2.75, 3.05) is 26.2 Å². The van der Waals surface area contributed by atoms with Crippen LogP contribution in [0.2, 0.25) is 5.15 Å². The molecule has 0 N–H and O–H groups in total. The Hall–Kier alpha value is -1.13. The maximum absolute atomic E-state index is 12.5. The van der Waals surface area contributed by atoms with Crippen molar-refractivity contribution >= 4 is 17.5 Å². The maximum Gasteiger partial charge on any atom is 0.254 e. The van der Waals surface area contributed by atoms with Gasteiger partial charge < -0.3 is 4.90 Å². The lowest BCUT2D eigenvalue weighted by molar-refractivity contribution is 0.0743. The van der Waals surface area contributed by atoms with Gasteiger partial charge in [-0.3, -0.25) is 9.69 Å². The second kappa shape index (κ2) is 5.47. The number of rotatable bonds is 1. The molecule has 2 aliphatic heterocycles. The fourth-order valence-corrected chi connectivity index (χ4v) is 3.28. The molecule has 2 saturated heterocycles. The minimum absolute atomic E-state index is 0.0815. The molecule has 3 rings (SSSR count). The number of hydrogen-bond donors (Lipinski definition) is 0. The van der Waals surface area contributed by atoms with Gasteiger partial charge in [0.25, 0.3) is 5.91 Å². The minimum atomic E-state index is 0.0815. The fraction of sp³-hybridized carbons (Fsp3) is 0.571. The molecule has 4 nitrogen and oxygen atoms in total. The average Bonchev–Trinajstić information content (AvgIpc) is 2.75. The summed E-state index contributed by atoms with van der Waals surface area (Å²) in [5.74, 6) is 0.0815. The van der Waals surface area contributed by atoms with E-state index in [1.165, 1.54) is 19.4 Å². The third-order valence-corrected chi connectivity index (χ3v) is 4.27. The molecule has 0 spiro atoms. The van der Waals surface area contributed by atoms with E-state index in [0.717, 1.165) is 26.1 Å². The molecule has 1 aromatic rings. The summed E-state index contributed by atoms with van der Waals surface area (Å²) >= 11 is 5.86. The highest BCUT2D eigenvalue weighted by molar-refractivity contribution is 6.29. The van der Waals surface area contributed by atoms with E-state index in [4.69, 9.17) is 11.6 Å². The van der Waals surface area contributed by atoms with Crippen LogP contribution in [0.1, 0.15) is 29.6 Å². The van der Waals surface area contributed by atoms with Crippen molar-refractivity contribution in [3.8, 4) is 0 Å². The van der Waals surface area contributed by atoms with Crippen molar-refractivity contribution in [1.82, 2.24) is 14.8 Å². The van der Waals surface area contributed by atoms with Gasteiger partial charge in [0.2, 0.25) is 0 Å². The number of fused-ring (bicyclic) bond motifs is 1. The molecule has 19 heavy (non-hydrogen) atoms. The van der Waals surface area contributed by atoms with E-state index in [1.807, 2.05) is 4.90 Å². The summed E-state index contributed by atoms with van der Waals surface area (Å²) in [7, 11) is 0. The van der Waals surface area contributed by atoms with Crippen LogP contribution in [0.25, 0.3) is 0 Å². The van der Waals surface area contributed by atoms with Gasteiger partial charge in [0, 0.05) is 37.4 Å². The topological polar surface area (TPSA) is 36.4 Å². The van der Waals surface area contributed by atoms with Crippen molar-refractivity contribution in [2.24, 2.45) is 0 Å². The Bertz CT molecular complexity index is 480. The molecular formula is C14H18ClN3O. The molecule has 0 bridgehead atoms. The molecule has 1 amide bonds. The van der Waals surface area contributed by atoms with E-state index in [2.05, 4.69) is 9.88 Å². The number of nitrogens with zero attached hydrogens (tertiary/aromatic N) is 3. The normalized spacial score (nSPS) is 24.1. The lowest BCUT2D eigenvalue weighted by atomic mass is 10.2. The zero-order valence-corrected chi connectivity index (χ0v) is 11.6. The molecule has 2 aliphatic rings. The van der Waals surface area contributed by atoms with E-state index in [-0.39, 0.29) is 5.91 Å². The number of amides is 1. The molecule has 2 fully saturated rings. The lowest BCUT2D eigenvalue weighted by Gasteiger charge is -2.25. The maximum atomic E-state index is 12.5. The van der Waals surface area contributed by atoms with Gasteiger partial charge in [-0.25, -0.2) is 4.98 Å². The first-order valence-corrected chi connectivity index (χ1v) is 7.27. The first-order valence-electron chi connectivity index (χ1n) is 6.89. The molecular weight excluding hydrogens is 262 g/mol. The van der Waals surface area contributed by atoms with Gasteiger partial charge in [-0.05, 0) is 37.9 Å². The molecule has 0 saturated carbocycles. The standard InChI is InChI=1S/C14H18ClN3O/c15-13-9-11(4-5-16-13)14(19)18-8-2-7-17-6-1-3-12(17)10-18/h4-5,9,12H,1-3,6-8,10H2. The Kier molecular flexibility index (Phi) is 3.71. The Morgan fingerprint density at radius 2 is 2.16 bits per heavy atom. The summed E-state index contributed by atoms with van der Waals surface area (Å²) in [5.41, 5.74) is 0.645. The van der Waals surface area contributed by atoms with Gasteiger partial charge in [-0.2, -0.15) is 0 Å². The van der Waals surface area contributed by atoms with Gasteiger partial charge in [0.05, 0.1) is 0 Å². The molecule has 0 aliphatic carbocycles. The molecule has 5 heteroatoms. The van der Waals surface area contributed by atoms with E-state index in [9.17, 15) is 4.79 Å². The molecule has 0 radical (unpaired) electrons. The first kappa shape index (κ1) is 12.9. The highest BCUT2D eigenvalue weighted by Gasteiger charge is 2.30. The second-order valence-corrected chi connectivity index (χ2v) is 5.69. The van der Waals surface area contributed by atoms with Crippen molar-refractivity contribution in [3.05, 3.63) is 29.0 Å². The Morgan fingerprint density at radius 3 is 3.00 bits per heavy atom. The van der Waals surface area contributed by atoms with Crippen LogP contribution < -0.4 is 0 Å². The summed E-state index contributed by atoms with van der Waals surface area (Å²) in [6, 6.07) is 3.94. The largest absolute Gasteiger partial charge is 0.337 e. The number of carbonyl (C=O) groups excluding carboxylic acids is 1. The minimum Gasteiger partial charge on any atom is -0.337 e. The van der Waals surface area contributed by atoms with E-state index < -0.39 is 0 Å². The molecule has 1 aromatic heterocycles. The third-order valence-electron chi connectivity index (χ3n) is 4.06. The summed E-state index contributed by atoms with van der Waals surface area (Å²) in [6.45, 7) is 3.99. The van der Waals surface area contributed by atoms with Crippen molar-refractivity contribution in [3.63, 3.8) is 0 Å². The number of carbonyl (C=O) groups is 1. The second-order valence-electron chi connectivity index (χ2n) is 5.30. The van der Waals surface area contributed by atoms with Crippen LogP contribution in [0.4, 0.5) is 0 Å². The zero-order chi connectivity index (χ0) is 13.2. The van der Waals surface area contributed by atoms with Gasteiger partial charge >= 0.3 is 0 Å². The van der Waals surface area contributed by atoms with Crippen molar-refractivity contribution < 1.29 is 4.79 Å². The van der Waals surface area contributed by atoms with E-state index in [0.29, 0.717) is 16.8 Å². The first-order chi connectivity index (χ1) is 9.24. The molecule has 102 valence electrons. The third kappa shape index (κ3) is 2.74. The highest BCUT2D eigenvalue weighted by atomic mass is 35.5. The molecule has 1 unspecified atom stereocenters. The summed E-state index contributed by atoms with van der Waals surface area (Å²) in [6.07, 6.45) is 5.12. The van der Waals surface area contributed by atoms with Crippen LogP contribution in [0.15, 0.2) is 18.3 Å². The van der Waals surface area contributed by atoms with Gasteiger partial charge in [-0.1, -0.05) is 11.6 Å². The average molecular weight is 280 g/mol. The van der Waals surface area contributed by atoms with E-state index in [1.54, 1.807) is 18.3 Å². The molecule has 1 atom stereocenters. The van der Waals surface area contributed by atoms with Crippen LogP contribution >= 0.6 is 11.6 Å². The Balaban J connectivity index is 1.75.